The Hall–Kier alpha value is -3.70. The van der Waals surface area contributed by atoms with Crippen molar-refractivity contribution < 1.29 is 19.2 Å². The van der Waals surface area contributed by atoms with Gasteiger partial charge < -0.3 is 27.4 Å². The summed E-state index contributed by atoms with van der Waals surface area (Å²) in [5.41, 5.74) is 19.3. The van der Waals surface area contributed by atoms with Gasteiger partial charge in [0.1, 0.15) is 0 Å². The Kier molecular flexibility index (Phi) is 15.2. The number of ketones is 2. The van der Waals surface area contributed by atoms with Crippen LogP contribution in [0.2, 0.25) is 0 Å². The van der Waals surface area contributed by atoms with Crippen molar-refractivity contribution in [2.45, 2.75) is 64.5 Å². The lowest BCUT2D eigenvalue weighted by Gasteiger charge is -2.27. The number of carbonyl (C=O) groups excluding carboxylic acids is 4. The quantitative estimate of drug-likeness (QED) is 0.149. The molecule has 1 aliphatic rings. The lowest BCUT2D eigenvalue weighted by atomic mass is 9.88. The van der Waals surface area contributed by atoms with Gasteiger partial charge >= 0.3 is 0 Å². The smallest absolute Gasteiger partial charge is 0.228 e. The van der Waals surface area contributed by atoms with E-state index in [4.69, 9.17) is 17.2 Å². The number of nitrogens with zero attached hydrogens (tertiary/aromatic N) is 2. The maximum absolute atomic E-state index is 13.9. The van der Waals surface area contributed by atoms with Crippen molar-refractivity contribution in [3.63, 3.8) is 0 Å². The average Bonchev–Trinajstić information content (AvgIpc) is 3.32. The van der Waals surface area contributed by atoms with Gasteiger partial charge in [-0.3, -0.25) is 24.2 Å². The molecule has 0 bridgehead atoms. The first kappa shape index (κ1) is 36.8. The minimum Gasteiger partial charge on any atom is -0.370 e. The van der Waals surface area contributed by atoms with Gasteiger partial charge in [0, 0.05) is 37.6 Å². The van der Waals surface area contributed by atoms with E-state index in [0.29, 0.717) is 32.4 Å². The molecule has 0 aromatic heterocycles. The molecule has 10 nitrogen and oxygen atoms in total. The number of hydrogen-bond donors (Lipinski definition) is 4. The van der Waals surface area contributed by atoms with Crippen molar-refractivity contribution in [2.24, 2.45) is 39.9 Å². The van der Waals surface area contributed by atoms with Crippen LogP contribution in [0.4, 0.5) is 0 Å². The van der Waals surface area contributed by atoms with E-state index in [0.717, 1.165) is 29.1 Å². The molecule has 0 unspecified atom stereocenters. The summed E-state index contributed by atoms with van der Waals surface area (Å²) in [6.07, 6.45) is 1.78. The zero-order chi connectivity index (χ0) is 33.5. The highest BCUT2D eigenvalue weighted by molar-refractivity contribution is 7.99. The number of guanidine groups is 1. The number of rotatable bonds is 17. The van der Waals surface area contributed by atoms with Gasteiger partial charge in [-0.1, -0.05) is 74.5 Å². The van der Waals surface area contributed by atoms with Gasteiger partial charge in [-0.25, -0.2) is 0 Å². The first-order valence-corrected chi connectivity index (χ1v) is 17.3. The fourth-order valence-electron chi connectivity index (χ4n) is 5.62. The summed E-state index contributed by atoms with van der Waals surface area (Å²) in [6.45, 7) is 5.15. The molecule has 2 aromatic rings. The summed E-state index contributed by atoms with van der Waals surface area (Å²) in [7, 11) is 0. The Morgan fingerprint density at radius 1 is 0.848 bits per heavy atom. The summed E-state index contributed by atoms with van der Waals surface area (Å²) in [6, 6.07) is 17.4. The number of amides is 2. The second kappa shape index (κ2) is 19.1. The predicted molar refractivity (Wildman–Crippen MR) is 185 cm³/mol. The van der Waals surface area contributed by atoms with E-state index in [1.54, 1.807) is 16.7 Å². The number of Topliss-reactive ketones (excluding diaryl/α,β-unsaturated/α-hetero) is 2. The number of hydrogen-bond acceptors (Lipinski definition) is 7. The molecule has 0 saturated carbocycles. The third-order valence-electron chi connectivity index (χ3n) is 8.09. The van der Waals surface area contributed by atoms with Crippen LogP contribution >= 0.6 is 11.8 Å². The lowest BCUT2D eigenvalue weighted by molar-refractivity contribution is -0.138. The normalized spacial score (nSPS) is 16.0. The molecule has 1 heterocycles. The number of nitrogens with two attached hydrogens (primary N) is 3. The third-order valence-corrected chi connectivity index (χ3v) is 9.14. The Labute approximate surface area is 277 Å². The maximum Gasteiger partial charge on any atom is 0.228 e. The summed E-state index contributed by atoms with van der Waals surface area (Å²) in [5, 5.41) is 2.97. The maximum atomic E-state index is 13.9. The fourth-order valence-corrected chi connectivity index (χ4v) is 6.51. The van der Waals surface area contributed by atoms with Crippen LogP contribution in [-0.2, 0) is 32.0 Å². The van der Waals surface area contributed by atoms with E-state index < -0.39 is 23.9 Å². The molecule has 0 spiro atoms. The number of nitrogens with one attached hydrogen (secondary N) is 1. The van der Waals surface area contributed by atoms with E-state index >= 15 is 0 Å². The molecule has 250 valence electrons. The van der Waals surface area contributed by atoms with Gasteiger partial charge in [0.15, 0.2) is 17.5 Å². The zero-order valence-corrected chi connectivity index (χ0v) is 27.9. The van der Waals surface area contributed by atoms with E-state index in [1.165, 1.54) is 0 Å². The molecule has 7 N–H and O–H groups in total. The Morgan fingerprint density at radius 2 is 1.46 bits per heavy atom. The van der Waals surface area contributed by atoms with Crippen LogP contribution in [0.1, 0.15) is 50.7 Å². The van der Waals surface area contributed by atoms with Crippen LogP contribution in [-0.4, -0.2) is 77.5 Å². The van der Waals surface area contributed by atoms with Crippen molar-refractivity contribution >= 4 is 41.1 Å². The van der Waals surface area contributed by atoms with Crippen molar-refractivity contribution in [2.75, 3.05) is 31.1 Å². The van der Waals surface area contributed by atoms with Crippen LogP contribution in [0.15, 0.2) is 65.7 Å². The van der Waals surface area contributed by atoms with Crippen molar-refractivity contribution in [1.82, 2.24) is 10.2 Å². The molecule has 3 rings (SSSR count). The van der Waals surface area contributed by atoms with Crippen molar-refractivity contribution in [3.8, 4) is 0 Å². The number of carbonyl (C=O) groups is 4. The predicted octanol–water partition coefficient (Wildman–Crippen LogP) is 2.72. The number of benzene rings is 2. The zero-order valence-electron chi connectivity index (χ0n) is 27.1. The van der Waals surface area contributed by atoms with Gasteiger partial charge in [0.25, 0.3) is 0 Å². The Bertz CT molecular complexity index is 1290. The molecule has 0 radical (unpaired) electrons. The van der Waals surface area contributed by atoms with Crippen molar-refractivity contribution in [1.29, 1.82) is 0 Å². The largest absolute Gasteiger partial charge is 0.370 e. The highest BCUT2D eigenvalue weighted by Crippen LogP contribution is 2.20. The summed E-state index contributed by atoms with van der Waals surface area (Å²) in [5.74, 6) is -0.763. The van der Waals surface area contributed by atoms with E-state index in [9.17, 15) is 19.2 Å². The molecule has 46 heavy (non-hydrogen) atoms. The SMILES string of the molecule is CC(C)C[C@@H](NC(=O)[C@H](CC(=O)[C@H](N)Cc1ccccc1)Cc1ccccc1)C(=O)C[C@H](CN=C(N)N)C(=O)N1CCCSCC1. The summed E-state index contributed by atoms with van der Waals surface area (Å²) < 4.78 is 0. The average molecular weight is 651 g/mol. The van der Waals surface area contributed by atoms with Crippen LogP contribution < -0.4 is 22.5 Å². The molecule has 1 fully saturated rings. The van der Waals surface area contributed by atoms with Gasteiger partial charge in [0.2, 0.25) is 11.8 Å². The molecule has 2 aromatic carbocycles. The molecule has 1 saturated heterocycles. The highest BCUT2D eigenvalue weighted by atomic mass is 32.2. The topological polar surface area (TPSA) is 174 Å². The standard InChI is InChI=1S/C35H50N6O4S/c1-24(2)18-30(32(43)22-28(23-39-35(37)38)34(45)41-14-9-16-46-17-15-41)40-33(44)27(19-25-10-5-3-6-11-25)21-31(42)29(36)20-26-12-7-4-8-13-26/h3-8,10-13,24,27-30H,9,14-23,36H2,1-2H3,(H,40,44)(H4,37,38,39)/t27-,28+,29+,30+/m0/s1. The molecule has 11 heteroatoms. The molecular formula is C35H50N6O4S. The van der Waals surface area contributed by atoms with Gasteiger partial charge in [-0.2, -0.15) is 11.8 Å². The van der Waals surface area contributed by atoms with E-state index in [2.05, 4.69) is 10.3 Å². The van der Waals surface area contributed by atoms with E-state index in [1.807, 2.05) is 74.5 Å². The minimum absolute atomic E-state index is 0.0106. The Balaban J connectivity index is 1.78. The van der Waals surface area contributed by atoms with Crippen molar-refractivity contribution in [3.05, 3.63) is 71.8 Å². The lowest BCUT2D eigenvalue weighted by Crippen LogP contribution is -2.48. The third kappa shape index (κ3) is 12.6. The van der Waals surface area contributed by atoms with Crippen LogP contribution in [0.3, 0.4) is 0 Å². The number of thioether (sulfide) groups is 1. The molecule has 0 aliphatic carbocycles. The van der Waals surface area contributed by atoms with E-state index in [-0.39, 0.29) is 54.6 Å². The van der Waals surface area contributed by atoms with Crippen LogP contribution in [0.25, 0.3) is 0 Å². The fraction of sp³-hybridized carbons (Fsp3) is 0.514. The summed E-state index contributed by atoms with van der Waals surface area (Å²) in [4.78, 5) is 60.5. The Morgan fingerprint density at radius 3 is 2.07 bits per heavy atom. The molecular weight excluding hydrogens is 600 g/mol. The second-order valence-corrected chi connectivity index (χ2v) is 13.7. The molecule has 1 aliphatic heterocycles. The first-order chi connectivity index (χ1) is 22.0. The monoisotopic (exact) mass is 650 g/mol. The molecule has 4 atom stereocenters. The second-order valence-electron chi connectivity index (χ2n) is 12.5. The highest BCUT2D eigenvalue weighted by Gasteiger charge is 2.33. The minimum atomic E-state index is -0.840. The first-order valence-electron chi connectivity index (χ1n) is 16.1. The van der Waals surface area contributed by atoms with Gasteiger partial charge in [-0.15, -0.1) is 0 Å². The molecule has 2 amide bonds. The number of aliphatic imine (C=N–C) groups is 1. The van der Waals surface area contributed by atoms with Gasteiger partial charge in [0.05, 0.1) is 24.5 Å². The van der Waals surface area contributed by atoms with Crippen LogP contribution in [0, 0.1) is 17.8 Å². The van der Waals surface area contributed by atoms with Gasteiger partial charge in [-0.05, 0) is 48.5 Å². The summed E-state index contributed by atoms with van der Waals surface area (Å²) >= 11 is 1.80. The van der Waals surface area contributed by atoms with Crippen LogP contribution in [0.5, 0.6) is 0 Å².